The highest BCUT2D eigenvalue weighted by Crippen LogP contribution is 2.37. The van der Waals surface area contributed by atoms with Gasteiger partial charge in [-0.1, -0.05) is 25.4 Å². The summed E-state index contributed by atoms with van der Waals surface area (Å²) in [6, 6.07) is 4.93. The van der Waals surface area contributed by atoms with E-state index >= 15 is 0 Å². The van der Waals surface area contributed by atoms with Crippen molar-refractivity contribution in [3.63, 3.8) is 0 Å². The van der Waals surface area contributed by atoms with E-state index in [1.54, 1.807) is 0 Å². The maximum Gasteiger partial charge on any atom is 0.125 e. The van der Waals surface area contributed by atoms with Crippen LogP contribution in [0.15, 0.2) is 12.1 Å². The van der Waals surface area contributed by atoms with Gasteiger partial charge in [-0.15, -0.1) is 0 Å². The van der Waals surface area contributed by atoms with Crippen LogP contribution in [0.25, 0.3) is 0 Å². The van der Waals surface area contributed by atoms with E-state index < -0.39 is 0 Å². The molecule has 2 aliphatic rings. The molecule has 0 atom stereocenters. The second-order valence-electron chi connectivity index (χ2n) is 6.97. The van der Waals surface area contributed by atoms with Crippen LogP contribution in [0.3, 0.4) is 0 Å². The number of ether oxygens (including phenoxy) is 1. The van der Waals surface area contributed by atoms with E-state index in [1.807, 2.05) is 0 Å². The summed E-state index contributed by atoms with van der Waals surface area (Å²) in [5.41, 5.74) is 2.83. The molecule has 1 heterocycles. The van der Waals surface area contributed by atoms with Gasteiger partial charge in [0.05, 0.1) is 6.61 Å². The van der Waals surface area contributed by atoms with Crippen molar-refractivity contribution in [3.05, 3.63) is 28.3 Å². The van der Waals surface area contributed by atoms with Crippen LogP contribution in [-0.4, -0.2) is 19.2 Å². The average Bonchev–Trinajstić information content (AvgIpc) is 3.04. The van der Waals surface area contributed by atoms with E-state index in [9.17, 15) is 0 Å². The summed E-state index contributed by atoms with van der Waals surface area (Å²) in [7, 11) is 0. The van der Waals surface area contributed by atoms with Gasteiger partial charge in [0.1, 0.15) is 5.75 Å². The van der Waals surface area contributed by atoms with Crippen LogP contribution >= 0.6 is 11.6 Å². The van der Waals surface area contributed by atoms with Crippen molar-refractivity contribution in [1.29, 1.82) is 0 Å². The third-order valence-electron chi connectivity index (χ3n) is 4.31. The van der Waals surface area contributed by atoms with Crippen LogP contribution in [0.4, 0.5) is 0 Å². The first-order chi connectivity index (χ1) is 9.53. The lowest BCUT2D eigenvalue weighted by atomic mass is 9.82. The van der Waals surface area contributed by atoms with Crippen molar-refractivity contribution in [3.8, 4) is 5.75 Å². The minimum absolute atomic E-state index is 0.270. The highest BCUT2D eigenvalue weighted by Gasteiger charge is 2.26. The van der Waals surface area contributed by atoms with Gasteiger partial charge in [-0.25, -0.2) is 0 Å². The van der Waals surface area contributed by atoms with E-state index in [1.165, 1.54) is 30.4 Å². The van der Waals surface area contributed by atoms with Gasteiger partial charge in [-0.2, -0.15) is 0 Å². The van der Waals surface area contributed by atoms with Crippen LogP contribution in [-0.2, 0) is 12.8 Å². The quantitative estimate of drug-likeness (QED) is 0.856. The Kier molecular flexibility index (Phi) is 3.96. The molecule has 110 valence electrons. The summed E-state index contributed by atoms with van der Waals surface area (Å²) in [6.45, 7) is 6.58. The normalized spacial score (nSPS) is 17.9. The third-order valence-corrected chi connectivity index (χ3v) is 4.52. The largest absolute Gasteiger partial charge is 0.493 e. The highest BCUT2D eigenvalue weighted by molar-refractivity contribution is 6.30. The minimum atomic E-state index is 0.270. The first kappa shape index (κ1) is 14.2. The van der Waals surface area contributed by atoms with E-state index in [0.29, 0.717) is 0 Å². The topological polar surface area (TPSA) is 21.3 Å². The standard InChI is InChI=1S/C17H24ClNO/c1-17(2,6-7-19-15-3-4-15)11-13-10-14(18)9-12-5-8-20-16(12)13/h9-10,15,19H,3-8,11H2,1-2H3. The molecule has 1 aromatic rings. The molecule has 1 fully saturated rings. The van der Waals surface area contributed by atoms with Gasteiger partial charge in [0, 0.05) is 17.5 Å². The summed E-state index contributed by atoms with van der Waals surface area (Å²) < 4.78 is 5.81. The van der Waals surface area contributed by atoms with Crippen molar-refractivity contribution in [1.82, 2.24) is 5.32 Å². The van der Waals surface area contributed by atoms with Crippen molar-refractivity contribution in [2.24, 2.45) is 5.41 Å². The lowest BCUT2D eigenvalue weighted by Gasteiger charge is -2.26. The molecule has 0 bridgehead atoms. The molecule has 0 radical (unpaired) electrons. The number of nitrogens with one attached hydrogen (secondary N) is 1. The van der Waals surface area contributed by atoms with Gasteiger partial charge < -0.3 is 10.1 Å². The Morgan fingerprint density at radius 2 is 2.15 bits per heavy atom. The molecule has 1 aromatic carbocycles. The average molecular weight is 294 g/mol. The zero-order valence-corrected chi connectivity index (χ0v) is 13.2. The number of rotatable bonds is 6. The summed E-state index contributed by atoms with van der Waals surface area (Å²) in [5, 5.41) is 4.45. The molecule has 1 aliphatic heterocycles. The van der Waals surface area contributed by atoms with Crippen LogP contribution in [0, 0.1) is 5.41 Å². The monoisotopic (exact) mass is 293 g/mol. The smallest absolute Gasteiger partial charge is 0.125 e. The molecule has 3 rings (SSSR count). The van der Waals surface area contributed by atoms with E-state index in [0.717, 1.165) is 42.8 Å². The number of benzene rings is 1. The zero-order chi connectivity index (χ0) is 14.2. The number of halogens is 1. The van der Waals surface area contributed by atoms with E-state index in [2.05, 4.69) is 31.3 Å². The molecule has 1 saturated carbocycles. The molecule has 0 spiro atoms. The Balaban J connectivity index is 1.66. The molecule has 0 unspecified atom stereocenters. The molecule has 3 heteroatoms. The summed E-state index contributed by atoms with van der Waals surface area (Å²) >= 11 is 6.24. The lowest BCUT2D eigenvalue weighted by molar-refractivity contribution is 0.311. The molecule has 20 heavy (non-hydrogen) atoms. The lowest BCUT2D eigenvalue weighted by Crippen LogP contribution is -2.25. The molecular weight excluding hydrogens is 270 g/mol. The fourth-order valence-electron chi connectivity index (χ4n) is 2.98. The van der Waals surface area contributed by atoms with Crippen molar-refractivity contribution < 1.29 is 4.74 Å². The van der Waals surface area contributed by atoms with Gasteiger partial charge in [0.25, 0.3) is 0 Å². The van der Waals surface area contributed by atoms with Crippen LogP contribution in [0.1, 0.15) is 44.2 Å². The SMILES string of the molecule is CC(C)(CCNC1CC1)Cc1cc(Cl)cc2c1OCC2. The first-order valence-electron chi connectivity index (χ1n) is 7.71. The molecule has 2 nitrogen and oxygen atoms in total. The molecule has 1 N–H and O–H groups in total. The van der Waals surface area contributed by atoms with Crippen LogP contribution < -0.4 is 10.1 Å². The molecule has 0 amide bonds. The predicted octanol–water partition coefficient (Wildman–Crippen LogP) is 3.99. The van der Waals surface area contributed by atoms with E-state index in [-0.39, 0.29) is 5.41 Å². The van der Waals surface area contributed by atoms with Gasteiger partial charge in [0.15, 0.2) is 0 Å². The molecule has 1 aliphatic carbocycles. The molecule has 0 saturated heterocycles. The third kappa shape index (κ3) is 3.48. The Bertz CT molecular complexity index is 494. The fourth-order valence-corrected chi connectivity index (χ4v) is 3.25. The van der Waals surface area contributed by atoms with Gasteiger partial charge in [-0.3, -0.25) is 0 Å². The number of fused-ring (bicyclic) bond motifs is 1. The fraction of sp³-hybridized carbons (Fsp3) is 0.647. The van der Waals surface area contributed by atoms with Gasteiger partial charge in [0.2, 0.25) is 0 Å². The Labute approximate surface area is 126 Å². The Hall–Kier alpha value is -0.730. The Morgan fingerprint density at radius 3 is 2.90 bits per heavy atom. The Morgan fingerprint density at radius 1 is 1.35 bits per heavy atom. The summed E-state index contributed by atoms with van der Waals surface area (Å²) in [5.74, 6) is 1.10. The second kappa shape index (κ2) is 5.57. The van der Waals surface area contributed by atoms with Crippen molar-refractivity contribution in [2.45, 2.75) is 52.0 Å². The maximum absolute atomic E-state index is 6.24. The van der Waals surface area contributed by atoms with Gasteiger partial charge >= 0.3 is 0 Å². The number of hydrogen-bond acceptors (Lipinski definition) is 2. The van der Waals surface area contributed by atoms with Crippen LogP contribution in [0.5, 0.6) is 5.75 Å². The second-order valence-corrected chi connectivity index (χ2v) is 7.41. The van der Waals surface area contributed by atoms with Crippen molar-refractivity contribution in [2.75, 3.05) is 13.2 Å². The summed E-state index contributed by atoms with van der Waals surface area (Å²) in [4.78, 5) is 0. The highest BCUT2D eigenvalue weighted by atomic mass is 35.5. The van der Waals surface area contributed by atoms with Gasteiger partial charge in [-0.05, 0) is 60.9 Å². The number of hydrogen-bond donors (Lipinski definition) is 1. The zero-order valence-electron chi connectivity index (χ0n) is 12.5. The first-order valence-corrected chi connectivity index (χ1v) is 8.09. The maximum atomic E-state index is 6.24. The molecular formula is C17H24ClNO. The summed E-state index contributed by atoms with van der Waals surface area (Å²) in [6.07, 6.45) is 5.92. The van der Waals surface area contributed by atoms with E-state index in [4.69, 9.17) is 16.3 Å². The van der Waals surface area contributed by atoms with Crippen molar-refractivity contribution >= 4 is 11.6 Å². The molecule has 0 aromatic heterocycles. The van der Waals surface area contributed by atoms with Crippen LogP contribution in [0.2, 0.25) is 5.02 Å². The predicted molar refractivity (Wildman–Crippen MR) is 83.8 cm³/mol. The minimum Gasteiger partial charge on any atom is -0.493 e.